The summed E-state index contributed by atoms with van der Waals surface area (Å²) in [5.74, 6) is 5.54. The van der Waals surface area contributed by atoms with Crippen LogP contribution >= 0.6 is 11.6 Å². The minimum atomic E-state index is -0.239. The van der Waals surface area contributed by atoms with Gasteiger partial charge in [-0.1, -0.05) is 23.4 Å². The Kier molecular flexibility index (Phi) is 4.46. The number of nitrogens with one attached hydrogen (secondary N) is 2. The molecular weight excluding hydrogens is 274 g/mol. The Labute approximate surface area is 122 Å². The zero-order valence-electron chi connectivity index (χ0n) is 11.0. The zero-order chi connectivity index (χ0) is 14.5. The summed E-state index contributed by atoms with van der Waals surface area (Å²) in [5.41, 5.74) is 8.34. The van der Waals surface area contributed by atoms with Gasteiger partial charge in [-0.3, -0.25) is 4.79 Å². The molecule has 1 aromatic carbocycles. The molecule has 0 bridgehead atoms. The molecule has 0 fully saturated rings. The molecule has 4 N–H and O–H groups in total. The van der Waals surface area contributed by atoms with E-state index in [-0.39, 0.29) is 5.91 Å². The number of aryl methyl sites for hydroxylation is 1. The molecule has 0 aliphatic rings. The first-order chi connectivity index (χ1) is 9.60. The average Bonchev–Trinajstić information content (AvgIpc) is 2.85. The fourth-order valence-electron chi connectivity index (χ4n) is 1.73. The fourth-order valence-corrected chi connectivity index (χ4v) is 1.89. The third kappa shape index (κ3) is 3.41. The van der Waals surface area contributed by atoms with Crippen LogP contribution in [0.3, 0.4) is 0 Å². The van der Waals surface area contributed by atoms with Gasteiger partial charge in [-0.15, -0.1) is 0 Å². The van der Waals surface area contributed by atoms with Crippen LogP contribution in [-0.2, 0) is 0 Å². The molecule has 4 nitrogen and oxygen atoms in total. The van der Waals surface area contributed by atoms with Crippen LogP contribution in [0.1, 0.15) is 21.6 Å². The van der Waals surface area contributed by atoms with Crippen molar-refractivity contribution in [1.29, 1.82) is 0 Å². The molecule has 1 amide bonds. The zero-order valence-corrected chi connectivity index (χ0v) is 11.7. The van der Waals surface area contributed by atoms with Crippen LogP contribution < -0.4 is 11.1 Å². The van der Waals surface area contributed by atoms with Crippen molar-refractivity contribution >= 4 is 23.2 Å². The van der Waals surface area contributed by atoms with E-state index < -0.39 is 0 Å². The van der Waals surface area contributed by atoms with Crippen molar-refractivity contribution in [3.8, 4) is 11.8 Å². The molecule has 0 radical (unpaired) electrons. The molecule has 0 saturated carbocycles. The molecule has 2 rings (SSSR count). The number of hydrogen-bond acceptors (Lipinski definition) is 2. The quantitative estimate of drug-likeness (QED) is 0.743. The number of anilines is 1. The summed E-state index contributed by atoms with van der Waals surface area (Å²) < 4.78 is 0. The highest BCUT2D eigenvalue weighted by molar-refractivity contribution is 6.31. The number of aromatic amines is 1. The first-order valence-electron chi connectivity index (χ1n) is 6.05. The van der Waals surface area contributed by atoms with Gasteiger partial charge in [0.15, 0.2) is 0 Å². The standard InChI is InChI=1S/C15H14ClN3O/c1-10-7-13(5-4-11(10)3-2-6-17)19-15(20)14-8-12(16)9-18-14/h4-5,7-9,18H,6,17H2,1H3,(H,19,20). The lowest BCUT2D eigenvalue weighted by atomic mass is 10.1. The molecule has 0 aliphatic heterocycles. The summed E-state index contributed by atoms with van der Waals surface area (Å²) in [5, 5.41) is 3.29. The maximum atomic E-state index is 12.0. The molecular formula is C15H14ClN3O. The topological polar surface area (TPSA) is 70.9 Å². The van der Waals surface area contributed by atoms with E-state index in [1.165, 1.54) is 0 Å². The summed E-state index contributed by atoms with van der Waals surface area (Å²) in [6.45, 7) is 2.26. The van der Waals surface area contributed by atoms with E-state index in [0.717, 1.165) is 11.1 Å². The van der Waals surface area contributed by atoms with Crippen molar-refractivity contribution in [1.82, 2.24) is 4.98 Å². The normalized spacial score (nSPS) is 9.75. The van der Waals surface area contributed by atoms with Gasteiger partial charge >= 0.3 is 0 Å². The molecule has 5 heteroatoms. The second-order valence-electron chi connectivity index (χ2n) is 4.22. The SMILES string of the molecule is Cc1cc(NC(=O)c2cc(Cl)c[nH]2)ccc1C#CCN. The van der Waals surface area contributed by atoms with Crippen LogP contribution in [0.15, 0.2) is 30.5 Å². The first-order valence-corrected chi connectivity index (χ1v) is 6.43. The van der Waals surface area contributed by atoms with Crippen molar-refractivity contribution in [2.24, 2.45) is 5.73 Å². The summed E-state index contributed by atoms with van der Waals surface area (Å²) in [6.07, 6.45) is 1.56. The Balaban J connectivity index is 2.14. The van der Waals surface area contributed by atoms with Crippen LogP contribution in [0.5, 0.6) is 0 Å². The fraction of sp³-hybridized carbons (Fsp3) is 0.133. The largest absolute Gasteiger partial charge is 0.356 e. The summed E-state index contributed by atoms with van der Waals surface area (Å²) >= 11 is 5.77. The Morgan fingerprint density at radius 3 is 2.85 bits per heavy atom. The van der Waals surface area contributed by atoms with Crippen molar-refractivity contribution in [2.45, 2.75) is 6.92 Å². The summed E-state index contributed by atoms with van der Waals surface area (Å²) in [7, 11) is 0. The highest BCUT2D eigenvalue weighted by Crippen LogP contribution is 2.16. The van der Waals surface area contributed by atoms with Gasteiger partial charge in [0, 0.05) is 17.4 Å². The third-order valence-electron chi connectivity index (χ3n) is 2.70. The van der Waals surface area contributed by atoms with E-state index in [4.69, 9.17) is 17.3 Å². The van der Waals surface area contributed by atoms with E-state index >= 15 is 0 Å². The number of nitrogens with two attached hydrogens (primary N) is 1. The maximum absolute atomic E-state index is 12.0. The van der Waals surface area contributed by atoms with Gasteiger partial charge in [-0.25, -0.2) is 0 Å². The number of aromatic nitrogens is 1. The number of hydrogen-bond donors (Lipinski definition) is 3. The monoisotopic (exact) mass is 287 g/mol. The Bertz CT molecular complexity index is 695. The van der Waals surface area contributed by atoms with Gasteiger partial charge in [0.05, 0.1) is 11.6 Å². The van der Waals surface area contributed by atoms with Crippen molar-refractivity contribution in [3.05, 3.63) is 52.3 Å². The average molecular weight is 288 g/mol. The molecule has 0 saturated heterocycles. The number of rotatable bonds is 2. The van der Waals surface area contributed by atoms with Crippen LogP contribution in [0.25, 0.3) is 0 Å². The Morgan fingerprint density at radius 2 is 2.25 bits per heavy atom. The predicted octanol–water partition coefficient (Wildman–Crippen LogP) is 2.54. The minimum absolute atomic E-state index is 0.239. The Morgan fingerprint density at radius 1 is 1.45 bits per heavy atom. The molecule has 0 spiro atoms. The Hall–Kier alpha value is -2.22. The smallest absolute Gasteiger partial charge is 0.272 e. The van der Waals surface area contributed by atoms with E-state index in [9.17, 15) is 4.79 Å². The third-order valence-corrected chi connectivity index (χ3v) is 2.92. The van der Waals surface area contributed by atoms with Gasteiger partial charge < -0.3 is 16.0 Å². The van der Waals surface area contributed by atoms with Crippen molar-refractivity contribution in [3.63, 3.8) is 0 Å². The molecule has 1 heterocycles. The number of carbonyl (C=O) groups excluding carboxylic acids is 1. The lowest BCUT2D eigenvalue weighted by Gasteiger charge is -2.06. The lowest BCUT2D eigenvalue weighted by Crippen LogP contribution is -2.12. The summed E-state index contributed by atoms with van der Waals surface area (Å²) in [6, 6.07) is 7.10. The van der Waals surface area contributed by atoms with Gasteiger partial charge in [0.2, 0.25) is 0 Å². The van der Waals surface area contributed by atoms with Crippen LogP contribution in [-0.4, -0.2) is 17.4 Å². The van der Waals surface area contributed by atoms with E-state index in [1.807, 2.05) is 19.1 Å². The molecule has 0 atom stereocenters. The molecule has 102 valence electrons. The van der Waals surface area contributed by atoms with Gasteiger partial charge in [-0.2, -0.15) is 0 Å². The van der Waals surface area contributed by atoms with Gasteiger partial charge in [0.1, 0.15) is 5.69 Å². The first kappa shape index (κ1) is 14.2. The number of H-pyrrole nitrogens is 1. The lowest BCUT2D eigenvalue weighted by molar-refractivity contribution is 0.102. The molecule has 1 aromatic heterocycles. The number of amides is 1. The minimum Gasteiger partial charge on any atom is -0.356 e. The molecule has 0 aliphatic carbocycles. The van der Waals surface area contributed by atoms with Gasteiger partial charge in [-0.05, 0) is 36.8 Å². The molecule has 2 aromatic rings. The molecule has 0 unspecified atom stereocenters. The maximum Gasteiger partial charge on any atom is 0.272 e. The summed E-state index contributed by atoms with van der Waals surface area (Å²) in [4.78, 5) is 14.7. The highest BCUT2D eigenvalue weighted by atomic mass is 35.5. The predicted molar refractivity (Wildman–Crippen MR) is 80.9 cm³/mol. The van der Waals surface area contributed by atoms with E-state index in [0.29, 0.717) is 22.9 Å². The second kappa shape index (κ2) is 6.29. The van der Waals surface area contributed by atoms with Crippen LogP contribution in [0.2, 0.25) is 5.02 Å². The van der Waals surface area contributed by atoms with E-state index in [1.54, 1.807) is 18.3 Å². The molecule has 20 heavy (non-hydrogen) atoms. The number of carbonyl (C=O) groups is 1. The van der Waals surface area contributed by atoms with Crippen LogP contribution in [0.4, 0.5) is 5.69 Å². The second-order valence-corrected chi connectivity index (χ2v) is 4.66. The number of benzene rings is 1. The van der Waals surface area contributed by atoms with Crippen molar-refractivity contribution in [2.75, 3.05) is 11.9 Å². The highest BCUT2D eigenvalue weighted by Gasteiger charge is 2.08. The van der Waals surface area contributed by atoms with Crippen LogP contribution in [0, 0.1) is 18.8 Å². The number of halogens is 1. The van der Waals surface area contributed by atoms with Crippen molar-refractivity contribution < 1.29 is 4.79 Å². The van der Waals surface area contributed by atoms with Gasteiger partial charge in [0.25, 0.3) is 5.91 Å². The van der Waals surface area contributed by atoms with E-state index in [2.05, 4.69) is 22.1 Å².